The molecule has 0 fully saturated rings. The van der Waals surface area contributed by atoms with Gasteiger partial charge in [-0.2, -0.15) is 5.26 Å². The fourth-order valence-electron chi connectivity index (χ4n) is 1.22. The highest BCUT2D eigenvalue weighted by molar-refractivity contribution is 8.14. The third-order valence-electron chi connectivity index (χ3n) is 2.01. The van der Waals surface area contributed by atoms with Crippen LogP contribution in [-0.2, 0) is 0 Å². The van der Waals surface area contributed by atoms with Gasteiger partial charge in [0.15, 0.2) is 0 Å². The van der Waals surface area contributed by atoms with Gasteiger partial charge < -0.3 is 17.0 Å². The van der Waals surface area contributed by atoms with Crippen molar-refractivity contribution in [2.24, 2.45) is 10.8 Å². The molecule has 1 aromatic rings. The second kappa shape index (κ2) is 5.68. The molecule has 0 amide bonds. The first-order chi connectivity index (χ1) is 7.29. The molecule has 0 atom stereocenters. The number of rotatable bonds is 1. The largest absolute Gasteiger partial charge is 1.00 e. The molecule has 0 bridgehead atoms. The Labute approximate surface area is 108 Å². The molecule has 1 heterocycles. The van der Waals surface area contributed by atoms with Crippen LogP contribution in [0.15, 0.2) is 29.4 Å². The Balaban J connectivity index is 0.00000128. The van der Waals surface area contributed by atoms with E-state index in [0.29, 0.717) is 10.7 Å². The maximum atomic E-state index is 8.66. The van der Waals surface area contributed by atoms with E-state index < -0.39 is 0 Å². The molecular weight excluding hydrogens is 288 g/mol. The summed E-state index contributed by atoms with van der Waals surface area (Å²) < 4.78 is 0. The molecule has 4 nitrogen and oxygen atoms in total. The third kappa shape index (κ3) is 2.84. The molecular formula is C10H9BrN4S. The van der Waals surface area contributed by atoms with Crippen LogP contribution in [0.5, 0.6) is 0 Å². The number of halogens is 1. The normalized spacial score (nSPS) is 14.2. The highest BCUT2D eigenvalue weighted by Crippen LogP contribution is 2.09. The van der Waals surface area contributed by atoms with Crippen LogP contribution in [-0.4, -0.2) is 16.6 Å². The van der Waals surface area contributed by atoms with E-state index in [-0.39, 0.29) is 17.0 Å². The van der Waals surface area contributed by atoms with E-state index in [4.69, 9.17) is 11.0 Å². The summed E-state index contributed by atoms with van der Waals surface area (Å²) in [7, 11) is 0. The zero-order valence-electron chi connectivity index (χ0n) is 8.27. The topological polar surface area (TPSA) is 76.1 Å². The number of benzene rings is 1. The van der Waals surface area contributed by atoms with Gasteiger partial charge in [-0.15, -0.1) is 5.10 Å². The molecule has 0 spiro atoms. The maximum Gasteiger partial charge on any atom is 0.327 e. The molecule has 0 unspecified atom stereocenters. The Bertz CT molecular complexity index is 473. The predicted molar refractivity (Wildman–Crippen MR) is 60.3 cm³/mol. The molecule has 1 aliphatic rings. The van der Waals surface area contributed by atoms with Gasteiger partial charge in [0.05, 0.1) is 17.4 Å². The van der Waals surface area contributed by atoms with Crippen molar-refractivity contribution >= 4 is 22.6 Å². The average Bonchev–Trinajstić information content (AvgIpc) is 2.30. The fraction of sp³-hybridized carbons (Fsp3) is 0.100. The smallest absolute Gasteiger partial charge is 0.327 e. The van der Waals surface area contributed by atoms with Gasteiger partial charge in [-0.05, 0) is 23.9 Å². The van der Waals surface area contributed by atoms with E-state index in [2.05, 4.69) is 16.3 Å². The quantitative estimate of drug-likeness (QED) is 0.562. The first-order valence-electron chi connectivity index (χ1n) is 4.38. The third-order valence-corrected chi connectivity index (χ3v) is 2.83. The van der Waals surface area contributed by atoms with Crippen molar-refractivity contribution in [2.45, 2.75) is 0 Å². The lowest BCUT2D eigenvalue weighted by atomic mass is 10.1. The van der Waals surface area contributed by atoms with E-state index >= 15 is 0 Å². The second-order valence-corrected chi connectivity index (χ2v) is 4.03. The minimum absolute atomic E-state index is 0. The molecule has 16 heavy (non-hydrogen) atoms. The standard InChI is InChI=1S/C10H8N4S.BrH/c11-5-7-1-3-8(4-2-7)9-6-15-10(12)14-13-9;/h1-4H,6H2,(H2,12,14);1H. The highest BCUT2D eigenvalue weighted by Gasteiger charge is 2.13. The number of amidine groups is 1. The van der Waals surface area contributed by atoms with Crippen molar-refractivity contribution in [1.29, 1.82) is 5.26 Å². The summed E-state index contributed by atoms with van der Waals surface area (Å²) >= 11 is 1.52. The zero-order chi connectivity index (χ0) is 10.7. The lowest BCUT2D eigenvalue weighted by molar-refractivity contribution is -0.460. The van der Waals surface area contributed by atoms with Gasteiger partial charge >= 0.3 is 5.17 Å². The number of nitrogens with zero attached hydrogens (tertiary/aromatic N) is 2. The lowest BCUT2D eigenvalue weighted by Crippen LogP contribution is -3.00. The van der Waals surface area contributed by atoms with Crippen molar-refractivity contribution in [2.75, 3.05) is 5.75 Å². The van der Waals surface area contributed by atoms with Gasteiger partial charge in [0.25, 0.3) is 0 Å². The summed E-state index contributed by atoms with van der Waals surface area (Å²) in [4.78, 5) is 0. The van der Waals surface area contributed by atoms with Crippen molar-refractivity contribution in [3.63, 3.8) is 0 Å². The van der Waals surface area contributed by atoms with Crippen molar-refractivity contribution < 1.29 is 22.1 Å². The SMILES string of the molecule is N#Cc1ccc(C2=N[NH+]=C(N)SC2)cc1.[Br-]. The molecule has 0 saturated carbocycles. The molecule has 2 rings (SSSR count). The molecule has 0 radical (unpaired) electrons. The average molecular weight is 297 g/mol. The number of hydrogen-bond donors (Lipinski definition) is 2. The van der Waals surface area contributed by atoms with Gasteiger partial charge in [-0.1, -0.05) is 17.2 Å². The van der Waals surface area contributed by atoms with Crippen LogP contribution in [0.25, 0.3) is 0 Å². The van der Waals surface area contributed by atoms with Crippen LogP contribution in [0.4, 0.5) is 0 Å². The predicted octanol–water partition coefficient (Wildman–Crippen LogP) is -3.59. The van der Waals surface area contributed by atoms with Crippen LogP contribution < -0.4 is 27.8 Å². The minimum atomic E-state index is 0. The van der Waals surface area contributed by atoms with E-state index in [1.807, 2.05) is 12.1 Å². The minimum Gasteiger partial charge on any atom is -1.00 e. The first kappa shape index (κ1) is 12.7. The van der Waals surface area contributed by atoms with Crippen LogP contribution in [0, 0.1) is 11.3 Å². The Morgan fingerprint density at radius 3 is 2.56 bits per heavy atom. The number of nitrogens with two attached hydrogens (primary N) is 1. The first-order valence-corrected chi connectivity index (χ1v) is 5.36. The van der Waals surface area contributed by atoms with Gasteiger partial charge in [0.1, 0.15) is 5.71 Å². The van der Waals surface area contributed by atoms with Crippen molar-refractivity contribution in [3.05, 3.63) is 35.4 Å². The summed E-state index contributed by atoms with van der Waals surface area (Å²) in [6.07, 6.45) is 0. The molecule has 1 aliphatic heterocycles. The molecule has 1 aromatic carbocycles. The molecule has 6 heteroatoms. The van der Waals surface area contributed by atoms with Gasteiger partial charge in [-0.3, -0.25) is 5.73 Å². The number of hydrazone groups is 1. The van der Waals surface area contributed by atoms with Crippen LogP contribution in [0.1, 0.15) is 11.1 Å². The van der Waals surface area contributed by atoms with Crippen LogP contribution in [0.2, 0.25) is 0 Å². The Kier molecular flexibility index (Phi) is 4.52. The highest BCUT2D eigenvalue weighted by atomic mass is 79.9. The van der Waals surface area contributed by atoms with Crippen LogP contribution in [0.3, 0.4) is 0 Å². The summed E-state index contributed by atoms with van der Waals surface area (Å²) in [5, 5.41) is 16.2. The van der Waals surface area contributed by atoms with Crippen molar-refractivity contribution in [3.8, 4) is 6.07 Å². The molecule has 0 aromatic heterocycles. The number of nitrogens with one attached hydrogen (secondary N) is 1. The van der Waals surface area contributed by atoms with Crippen molar-refractivity contribution in [1.82, 2.24) is 0 Å². The van der Waals surface area contributed by atoms with Gasteiger partial charge in [-0.25, -0.2) is 0 Å². The zero-order valence-corrected chi connectivity index (χ0v) is 10.7. The summed E-state index contributed by atoms with van der Waals surface area (Å²) in [6, 6.07) is 9.42. The molecule has 0 saturated heterocycles. The summed E-state index contributed by atoms with van der Waals surface area (Å²) in [5.74, 6) is 0.755. The van der Waals surface area contributed by atoms with Gasteiger partial charge in [0.2, 0.25) is 0 Å². The maximum absolute atomic E-state index is 8.66. The van der Waals surface area contributed by atoms with E-state index in [9.17, 15) is 0 Å². The monoisotopic (exact) mass is 296 g/mol. The number of thioether (sulfide) groups is 1. The summed E-state index contributed by atoms with van der Waals surface area (Å²) in [6.45, 7) is 0. The Morgan fingerprint density at radius 1 is 1.38 bits per heavy atom. The van der Waals surface area contributed by atoms with Gasteiger partial charge in [0, 0.05) is 5.56 Å². The molecule has 82 valence electrons. The number of nitriles is 1. The summed E-state index contributed by atoms with van der Waals surface area (Å²) in [5.41, 5.74) is 8.15. The van der Waals surface area contributed by atoms with Crippen LogP contribution >= 0.6 is 11.8 Å². The number of hydrogen-bond acceptors (Lipinski definition) is 4. The Hall–Kier alpha value is -1.32. The van der Waals surface area contributed by atoms with E-state index in [1.54, 1.807) is 12.1 Å². The Morgan fingerprint density at radius 2 is 2.06 bits per heavy atom. The molecule has 3 N–H and O–H groups in total. The van der Waals surface area contributed by atoms with E-state index in [1.165, 1.54) is 11.8 Å². The lowest BCUT2D eigenvalue weighted by Gasteiger charge is -2.05. The molecule has 0 aliphatic carbocycles. The fourth-order valence-corrected chi connectivity index (χ4v) is 1.85. The van der Waals surface area contributed by atoms with E-state index in [0.717, 1.165) is 17.0 Å². The second-order valence-electron chi connectivity index (χ2n) is 3.01.